The fourth-order valence-corrected chi connectivity index (χ4v) is 6.32. The van der Waals surface area contributed by atoms with Crippen molar-refractivity contribution in [1.82, 2.24) is 0 Å². The van der Waals surface area contributed by atoms with E-state index in [0.29, 0.717) is 13.2 Å². The zero-order valence-corrected chi connectivity index (χ0v) is 26.3. The van der Waals surface area contributed by atoms with E-state index in [2.05, 4.69) is 92.0 Å². The molecule has 5 nitrogen and oxygen atoms in total. The molecule has 5 atom stereocenters. The van der Waals surface area contributed by atoms with E-state index in [1.54, 1.807) is 0 Å². The number of rotatable bonds is 6. The molecule has 0 radical (unpaired) electrons. The summed E-state index contributed by atoms with van der Waals surface area (Å²) >= 11 is 0. The molecular formula is C29H50O5Si2. The molecule has 1 saturated heterocycles. The van der Waals surface area contributed by atoms with E-state index < -0.39 is 16.6 Å². The molecule has 0 spiro atoms. The molecule has 2 aliphatic rings. The molecule has 0 saturated carbocycles. The number of ether oxygens (including phenoxy) is 3. The van der Waals surface area contributed by atoms with Crippen LogP contribution < -0.4 is 0 Å². The molecule has 0 aromatic heterocycles. The third-order valence-corrected chi connectivity index (χ3v) is 17.5. The highest BCUT2D eigenvalue weighted by atomic mass is 28.4. The van der Waals surface area contributed by atoms with E-state index in [4.69, 9.17) is 23.1 Å². The molecule has 36 heavy (non-hydrogen) atoms. The average Bonchev–Trinajstić information content (AvgIpc) is 2.85. The number of hydrogen-bond donors (Lipinski definition) is 0. The van der Waals surface area contributed by atoms with Crippen LogP contribution in [0.5, 0.6) is 0 Å². The first-order valence-corrected chi connectivity index (χ1v) is 19.4. The normalized spacial score (nSPS) is 29.6. The number of fused-ring (bicyclic) bond motifs is 1. The van der Waals surface area contributed by atoms with Gasteiger partial charge in [-0.15, -0.1) is 0 Å². The fourth-order valence-electron chi connectivity index (χ4n) is 3.95. The highest BCUT2D eigenvalue weighted by molar-refractivity contribution is 6.74. The van der Waals surface area contributed by atoms with Gasteiger partial charge in [-0.05, 0) is 49.1 Å². The molecule has 2 heterocycles. The summed E-state index contributed by atoms with van der Waals surface area (Å²) in [7, 11) is -3.98. The quantitative estimate of drug-likeness (QED) is 0.277. The third kappa shape index (κ3) is 7.40. The molecule has 1 aromatic carbocycles. The average molecular weight is 535 g/mol. The van der Waals surface area contributed by atoms with Crippen LogP contribution >= 0.6 is 0 Å². The molecule has 1 aromatic rings. The summed E-state index contributed by atoms with van der Waals surface area (Å²) in [6, 6.07) is 10.2. The molecule has 0 aliphatic carbocycles. The standard InChI is InChI=1S/C29H50O5Si2/c1-28(2,3)35(7,8)31-21-26-24(34-36(9,10)29(4,5)6)19-15-14-18-23-25(32-26)20-30-27(33-23)22-16-12-11-13-17-22/h11-17,23-27H,18-21H2,1-10H3/b15-14-/t23-,24+,25+,26-,27+/m0/s1. The molecule has 0 N–H and O–H groups in total. The zero-order valence-electron chi connectivity index (χ0n) is 24.3. The lowest BCUT2D eigenvalue weighted by atomic mass is 10.1. The summed E-state index contributed by atoms with van der Waals surface area (Å²) in [6.07, 6.45) is 5.19. The largest absolute Gasteiger partial charge is 0.414 e. The second kappa shape index (κ2) is 11.5. The van der Waals surface area contributed by atoms with Crippen molar-refractivity contribution < 1.29 is 23.1 Å². The van der Waals surface area contributed by atoms with Crippen LogP contribution in [0.4, 0.5) is 0 Å². The van der Waals surface area contributed by atoms with Gasteiger partial charge in [-0.2, -0.15) is 0 Å². The van der Waals surface area contributed by atoms with E-state index in [9.17, 15) is 0 Å². The van der Waals surface area contributed by atoms with Gasteiger partial charge in [-0.25, -0.2) is 0 Å². The minimum atomic E-state index is -2.02. The Morgan fingerprint density at radius 3 is 2.03 bits per heavy atom. The van der Waals surface area contributed by atoms with E-state index >= 15 is 0 Å². The third-order valence-electron chi connectivity index (χ3n) is 8.53. The topological polar surface area (TPSA) is 46.2 Å². The minimum Gasteiger partial charge on any atom is -0.414 e. The van der Waals surface area contributed by atoms with Crippen molar-refractivity contribution in [3.05, 3.63) is 48.0 Å². The van der Waals surface area contributed by atoms with Crippen molar-refractivity contribution in [2.24, 2.45) is 0 Å². The summed E-state index contributed by atoms with van der Waals surface area (Å²) in [6.45, 7) is 23.9. The summed E-state index contributed by atoms with van der Waals surface area (Å²) in [5.74, 6) is 0. The van der Waals surface area contributed by atoms with Crippen LogP contribution in [-0.2, 0) is 23.1 Å². The lowest BCUT2D eigenvalue weighted by Gasteiger charge is -2.44. The van der Waals surface area contributed by atoms with Crippen LogP contribution in [0, 0.1) is 0 Å². The number of benzene rings is 1. The van der Waals surface area contributed by atoms with Crippen LogP contribution in [0.15, 0.2) is 42.5 Å². The second-order valence-corrected chi connectivity index (χ2v) is 23.0. The van der Waals surface area contributed by atoms with E-state index in [1.165, 1.54) is 0 Å². The summed E-state index contributed by atoms with van der Waals surface area (Å²) < 4.78 is 33.2. The van der Waals surface area contributed by atoms with E-state index in [0.717, 1.165) is 18.4 Å². The van der Waals surface area contributed by atoms with Gasteiger partial charge in [0, 0.05) is 5.56 Å². The molecule has 3 rings (SSSR count). The zero-order chi connectivity index (χ0) is 26.8. The van der Waals surface area contributed by atoms with Crippen molar-refractivity contribution in [2.75, 3.05) is 13.2 Å². The lowest BCUT2D eigenvalue weighted by Crippen LogP contribution is -2.53. The van der Waals surface area contributed by atoms with Crippen LogP contribution in [0.25, 0.3) is 0 Å². The Balaban J connectivity index is 1.83. The van der Waals surface area contributed by atoms with E-state index in [-0.39, 0.29) is 40.8 Å². The van der Waals surface area contributed by atoms with Gasteiger partial charge in [-0.3, -0.25) is 0 Å². The van der Waals surface area contributed by atoms with Crippen molar-refractivity contribution in [1.29, 1.82) is 0 Å². The summed E-state index contributed by atoms with van der Waals surface area (Å²) in [5.41, 5.74) is 1.04. The van der Waals surface area contributed by atoms with Crippen LogP contribution in [-0.4, -0.2) is 54.3 Å². The second-order valence-electron chi connectivity index (χ2n) is 13.4. The van der Waals surface area contributed by atoms with Gasteiger partial charge in [0.15, 0.2) is 22.9 Å². The fraction of sp³-hybridized carbons (Fsp3) is 0.724. The first-order chi connectivity index (χ1) is 16.6. The van der Waals surface area contributed by atoms with Crippen molar-refractivity contribution >= 4 is 16.6 Å². The first-order valence-electron chi connectivity index (χ1n) is 13.5. The van der Waals surface area contributed by atoms with Crippen LogP contribution in [0.3, 0.4) is 0 Å². The Kier molecular flexibility index (Phi) is 9.52. The first kappa shape index (κ1) is 29.7. The van der Waals surface area contributed by atoms with Gasteiger partial charge in [0.2, 0.25) is 0 Å². The summed E-state index contributed by atoms with van der Waals surface area (Å²) in [4.78, 5) is 0. The Morgan fingerprint density at radius 1 is 0.806 bits per heavy atom. The molecule has 0 bridgehead atoms. The SMILES string of the molecule is CC(C)(C)[Si](C)(C)OC[C@@H]1O[C@@H]2CO[C@@H](c3ccccc3)O[C@H]2C/C=C\C[C@H]1O[Si](C)(C)C(C)(C)C. The Hall–Kier alpha value is -0.806. The predicted octanol–water partition coefficient (Wildman–Crippen LogP) is 7.62. The smallest absolute Gasteiger partial charge is 0.192 e. The van der Waals surface area contributed by atoms with Gasteiger partial charge in [0.05, 0.1) is 25.4 Å². The molecule has 204 valence electrons. The minimum absolute atomic E-state index is 0.0718. The highest BCUT2D eigenvalue weighted by Gasteiger charge is 2.44. The predicted molar refractivity (Wildman–Crippen MR) is 152 cm³/mol. The maximum Gasteiger partial charge on any atom is 0.192 e. The lowest BCUT2D eigenvalue weighted by molar-refractivity contribution is -0.276. The molecule has 2 aliphatic heterocycles. The van der Waals surface area contributed by atoms with Gasteiger partial charge in [-0.1, -0.05) is 84.0 Å². The molecular weight excluding hydrogens is 484 g/mol. The molecule has 1 fully saturated rings. The Bertz CT molecular complexity index is 857. The van der Waals surface area contributed by atoms with Crippen molar-refractivity contribution in [3.63, 3.8) is 0 Å². The van der Waals surface area contributed by atoms with Crippen molar-refractivity contribution in [2.45, 2.75) is 121 Å². The molecule has 7 heteroatoms. The van der Waals surface area contributed by atoms with Crippen LogP contribution in [0.2, 0.25) is 36.3 Å². The summed E-state index contributed by atoms with van der Waals surface area (Å²) in [5, 5.41) is 0.242. The van der Waals surface area contributed by atoms with Crippen molar-refractivity contribution in [3.8, 4) is 0 Å². The Morgan fingerprint density at radius 2 is 1.42 bits per heavy atom. The van der Waals surface area contributed by atoms with Crippen LogP contribution in [0.1, 0.15) is 66.2 Å². The van der Waals surface area contributed by atoms with E-state index in [1.807, 2.05) is 18.2 Å². The Labute approximate surface area is 222 Å². The number of hydrogen-bond acceptors (Lipinski definition) is 5. The van der Waals surface area contributed by atoms with Gasteiger partial charge < -0.3 is 23.1 Å². The highest BCUT2D eigenvalue weighted by Crippen LogP contribution is 2.40. The molecule has 0 unspecified atom stereocenters. The van der Waals surface area contributed by atoms with Gasteiger partial charge in [0.25, 0.3) is 0 Å². The molecule has 0 amide bonds. The van der Waals surface area contributed by atoms with Gasteiger partial charge >= 0.3 is 0 Å². The maximum absolute atomic E-state index is 6.98. The monoisotopic (exact) mass is 534 g/mol. The van der Waals surface area contributed by atoms with Gasteiger partial charge in [0.1, 0.15) is 12.2 Å². The maximum atomic E-state index is 6.98.